The molecule has 0 aromatic carbocycles. The first kappa shape index (κ1) is 14.4. The van der Waals surface area contributed by atoms with Gasteiger partial charge < -0.3 is 10.2 Å². The van der Waals surface area contributed by atoms with Crippen LogP contribution in [0.3, 0.4) is 0 Å². The normalized spacial score (nSPS) is 23.8. The van der Waals surface area contributed by atoms with Crippen molar-refractivity contribution in [3.8, 4) is 0 Å². The highest BCUT2D eigenvalue weighted by atomic mass is 16.2. The maximum absolute atomic E-state index is 12.5. The van der Waals surface area contributed by atoms with Gasteiger partial charge in [0.1, 0.15) is 5.82 Å². The Labute approximate surface area is 126 Å². The van der Waals surface area contributed by atoms with E-state index in [1.165, 1.54) is 19.3 Å². The van der Waals surface area contributed by atoms with Crippen LogP contribution in [0.15, 0.2) is 24.4 Å². The first-order valence-electron chi connectivity index (χ1n) is 8.29. The smallest absolute Gasteiger partial charge is 0.225 e. The summed E-state index contributed by atoms with van der Waals surface area (Å²) in [5.41, 5.74) is 0. The lowest BCUT2D eigenvalue weighted by Crippen LogP contribution is -2.46. The molecule has 2 fully saturated rings. The molecule has 2 aliphatic rings. The molecule has 114 valence electrons. The van der Waals surface area contributed by atoms with Crippen molar-refractivity contribution >= 4 is 11.7 Å². The number of nitrogens with one attached hydrogen (secondary N) is 1. The van der Waals surface area contributed by atoms with E-state index in [2.05, 4.69) is 15.2 Å². The summed E-state index contributed by atoms with van der Waals surface area (Å²) in [4.78, 5) is 19.1. The first-order valence-corrected chi connectivity index (χ1v) is 8.29. The van der Waals surface area contributed by atoms with Gasteiger partial charge in [-0.1, -0.05) is 25.3 Å². The van der Waals surface area contributed by atoms with Gasteiger partial charge in [-0.25, -0.2) is 4.98 Å². The minimum absolute atomic E-state index is 0.114. The van der Waals surface area contributed by atoms with Crippen LogP contribution in [0.25, 0.3) is 0 Å². The number of carbonyl (C=O) groups is 1. The highest BCUT2D eigenvalue weighted by molar-refractivity contribution is 5.79. The fourth-order valence-electron chi connectivity index (χ4n) is 3.51. The highest BCUT2D eigenvalue weighted by Gasteiger charge is 2.28. The predicted molar refractivity (Wildman–Crippen MR) is 84.2 cm³/mol. The van der Waals surface area contributed by atoms with E-state index in [-0.39, 0.29) is 11.8 Å². The molecule has 4 heteroatoms. The van der Waals surface area contributed by atoms with Gasteiger partial charge in [-0.15, -0.1) is 0 Å². The van der Waals surface area contributed by atoms with E-state index in [1.807, 2.05) is 24.4 Å². The van der Waals surface area contributed by atoms with Gasteiger partial charge in [0, 0.05) is 25.3 Å². The second-order valence-corrected chi connectivity index (χ2v) is 6.32. The lowest BCUT2D eigenvalue weighted by Gasteiger charge is -2.34. The summed E-state index contributed by atoms with van der Waals surface area (Å²) in [6.07, 6.45) is 10.0. The molecule has 1 N–H and O–H groups in total. The van der Waals surface area contributed by atoms with Crippen LogP contribution in [0.1, 0.15) is 44.9 Å². The lowest BCUT2D eigenvalue weighted by atomic mass is 9.93. The second-order valence-electron chi connectivity index (χ2n) is 6.32. The predicted octanol–water partition coefficient (Wildman–Crippen LogP) is 2.75. The van der Waals surface area contributed by atoms with Crippen LogP contribution in [-0.4, -0.2) is 30.0 Å². The van der Waals surface area contributed by atoms with Crippen LogP contribution in [0.2, 0.25) is 0 Å². The van der Waals surface area contributed by atoms with E-state index in [4.69, 9.17) is 0 Å². The average molecular weight is 287 g/mol. The van der Waals surface area contributed by atoms with Crippen LogP contribution in [-0.2, 0) is 4.79 Å². The minimum atomic E-state index is 0.114. The Morgan fingerprint density at radius 3 is 2.76 bits per heavy atom. The molecule has 0 radical (unpaired) electrons. The summed E-state index contributed by atoms with van der Waals surface area (Å²) < 4.78 is 0. The van der Waals surface area contributed by atoms with Gasteiger partial charge in [0.15, 0.2) is 0 Å². The van der Waals surface area contributed by atoms with E-state index >= 15 is 0 Å². The van der Waals surface area contributed by atoms with Crippen molar-refractivity contribution in [1.82, 2.24) is 10.3 Å². The van der Waals surface area contributed by atoms with Crippen LogP contribution < -0.4 is 10.2 Å². The SMILES string of the molecule is O=C(NC1CCCCC1)C1CCCN(c2ccccn2)C1. The van der Waals surface area contributed by atoms with Gasteiger partial charge in [0.25, 0.3) is 0 Å². The van der Waals surface area contributed by atoms with Gasteiger partial charge in [0.05, 0.1) is 5.92 Å². The van der Waals surface area contributed by atoms with Crippen molar-refractivity contribution in [2.24, 2.45) is 5.92 Å². The number of pyridine rings is 1. The standard InChI is InChI=1S/C17H25N3O/c21-17(19-15-8-2-1-3-9-15)14-7-6-12-20(13-14)16-10-4-5-11-18-16/h4-5,10-11,14-15H,1-3,6-9,12-13H2,(H,19,21). The van der Waals surface area contributed by atoms with E-state index in [0.29, 0.717) is 6.04 Å². The van der Waals surface area contributed by atoms with E-state index in [1.54, 1.807) is 0 Å². The van der Waals surface area contributed by atoms with E-state index in [0.717, 1.165) is 44.6 Å². The molecule has 1 unspecified atom stereocenters. The molecule has 1 aromatic heterocycles. The van der Waals surface area contributed by atoms with Crippen molar-refractivity contribution in [2.45, 2.75) is 51.0 Å². The summed E-state index contributed by atoms with van der Waals surface area (Å²) in [7, 11) is 0. The molecular formula is C17H25N3O. The van der Waals surface area contributed by atoms with Gasteiger partial charge in [-0.3, -0.25) is 4.79 Å². The van der Waals surface area contributed by atoms with Crippen LogP contribution in [0.5, 0.6) is 0 Å². The molecule has 4 nitrogen and oxygen atoms in total. The summed E-state index contributed by atoms with van der Waals surface area (Å²) >= 11 is 0. The lowest BCUT2D eigenvalue weighted by molar-refractivity contribution is -0.126. The molecular weight excluding hydrogens is 262 g/mol. The largest absolute Gasteiger partial charge is 0.356 e. The summed E-state index contributed by atoms with van der Waals surface area (Å²) in [6, 6.07) is 6.38. The van der Waals surface area contributed by atoms with E-state index in [9.17, 15) is 4.79 Å². The molecule has 1 aliphatic heterocycles. The molecule has 3 rings (SSSR count). The number of piperidine rings is 1. The van der Waals surface area contributed by atoms with Crippen LogP contribution in [0, 0.1) is 5.92 Å². The summed E-state index contributed by atoms with van der Waals surface area (Å²) in [6.45, 7) is 1.81. The summed E-state index contributed by atoms with van der Waals surface area (Å²) in [5.74, 6) is 1.36. The number of hydrogen-bond donors (Lipinski definition) is 1. The first-order chi connectivity index (χ1) is 10.3. The maximum Gasteiger partial charge on any atom is 0.225 e. The van der Waals surface area contributed by atoms with Gasteiger partial charge >= 0.3 is 0 Å². The Balaban J connectivity index is 1.56. The number of hydrogen-bond acceptors (Lipinski definition) is 3. The van der Waals surface area contributed by atoms with E-state index < -0.39 is 0 Å². The van der Waals surface area contributed by atoms with Crippen molar-refractivity contribution in [2.75, 3.05) is 18.0 Å². The van der Waals surface area contributed by atoms with Crippen LogP contribution >= 0.6 is 0 Å². The number of nitrogens with zero attached hydrogens (tertiary/aromatic N) is 2. The second kappa shape index (κ2) is 6.92. The number of carbonyl (C=O) groups excluding carboxylic acids is 1. The number of aromatic nitrogens is 1. The maximum atomic E-state index is 12.5. The van der Waals surface area contributed by atoms with Crippen LogP contribution in [0.4, 0.5) is 5.82 Å². The molecule has 1 aromatic rings. The number of rotatable bonds is 3. The topological polar surface area (TPSA) is 45.2 Å². The average Bonchev–Trinajstić information content (AvgIpc) is 2.57. The molecule has 1 saturated heterocycles. The highest BCUT2D eigenvalue weighted by Crippen LogP contribution is 2.23. The molecule has 1 saturated carbocycles. The number of amides is 1. The zero-order valence-electron chi connectivity index (χ0n) is 12.6. The fourth-order valence-corrected chi connectivity index (χ4v) is 3.51. The van der Waals surface area contributed by atoms with Crippen molar-refractivity contribution < 1.29 is 4.79 Å². The zero-order chi connectivity index (χ0) is 14.5. The molecule has 1 aliphatic carbocycles. The third-order valence-electron chi connectivity index (χ3n) is 4.72. The molecule has 21 heavy (non-hydrogen) atoms. The monoisotopic (exact) mass is 287 g/mol. The van der Waals surface area contributed by atoms with Crippen molar-refractivity contribution in [1.29, 1.82) is 0 Å². The van der Waals surface area contributed by atoms with Gasteiger partial charge in [-0.05, 0) is 37.8 Å². The Morgan fingerprint density at radius 2 is 2.00 bits per heavy atom. The Bertz CT molecular complexity index is 456. The molecule has 1 amide bonds. The summed E-state index contributed by atoms with van der Waals surface area (Å²) in [5, 5.41) is 3.27. The van der Waals surface area contributed by atoms with Gasteiger partial charge in [0.2, 0.25) is 5.91 Å². The Morgan fingerprint density at radius 1 is 1.14 bits per heavy atom. The third kappa shape index (κ3) is 3.74. The molecule has 0 bridgehead atoms. The van der Waals surface area contributed by atoms with Gasteiger partial charge in [-0.2, -0.15) is 0 Å². The Kier molecular flexibility index (Phi) is 4.73. The Hall–Kier alpha value is -1.58. The third-order valence-corrected chi connectivity index (χ3v) is 4.72. The molecule has 2 heterocycles. The van der Waals surface area contributed by atoms with Crippen molar-refractivity contribution in [3.05, 3.63) is 24.4 Å². The minimum Gasteiger partial charge on any atom is -0.356 e. The van der Waals surface area contributed by atoms with Crippen molar-refractivity contribution in [3.63, 3.8) is 0 Å². The quantitative estimate of drug-likeness (QED) is 0.929. The fraction of sp³-hybridized carbons (Fsp3) is 0.647. The zero-order valence-corrected chi connectivity index (χ0v) is 12.6. The molecule has 0 spiro atoms. The number of anilines is 1. The molecule has 1 atom stereocenters.